The van der Waals surface area contributed by atoms with Gasteiger partial charge in [-0.2, -0.15) is 18.3 Å². The monoisotopic (exact) mass is 314 g/mol. The van der Waals surface area contributed by atoms with Gasteiger partial charge >= 0.3 is 12.2 Å². The Bertz CT molecular complexity index is 611. The number of urea groups is 1. The van der Waals surface area contributed by atoms with Crippen LogP contribution in [0.2, 0.25) is 0 Å². The first kappa shape index (κ1) is 16.3. The molecule has 0 saturated carbocycles. The number of carbonyl (C=O) groups is 1. The van der Waals surface area contributed by atoms with Gasteiger partial charge in [-0.25, -0.2) is 10.2 Å². The number of halogens is 3. The highest BCUT2D eigenvalue weighted by Crippen LogP contribution is 2.33. The number of nitrogens with one attached hydrogen (secondary N) is 2. The molecule has 2 amide bonds. The summed E-state index contributed by atoms with van der Waals surface area (Å²) in [6.07, 6.45) is -4.45. The number of hydrogen-bond acceptors (Lipinski definition) is 3. The van der Waals surface area contributed by atoms with Crippen molar-refractivity contribution in [1.29, 1.82) is 0 Å². The second kappa shape index (κ2) is 5.96. The van der Waals surface area contributed by atoms with Crippen LogP contribution in [0.3, 0.4) is 0 Å². The molecule has 8 heteroatoms. The quantitative estimate of drug-likeness (QED) is 0.898. The summed E-state index contributed by atoms with van der Waals surface area (Å²) < 4.78 is 39.8. The summed E-state index contributed by atoms with van der Waals surface area (Å²) in [6.45, 7) is 1.85. The summed E-state index contributed by atoms with van der Waals surface area (Å²) in [6, 6.07) is 3.17. The van der Waals surface area contributed by atoms with E-state index < -0.39 is 23.8 Å². The number of carbonyl (C=O) groups excluding carboxylic acids is 1. The van der Waals surface area contributed by atoms with E-state index in [1.54, 1.807) is 32.0 Å². The van der Waals surface area contributed by atoms with E-state index in [2.05, 4.69) is 15.8 Å². The van der Waals surface area contributed by atoms with E-state index in [9.17, 15) is 18.0 Å². The fourth-order valence-corrected chi connectivity index (χ4v) is 2.30. The van der Waals surface area contributed by atoms with Gasteiger partial charge in [0.05, 0.1) is 17.3 Å². The summed E-state index contributed by atoms with van der Waals surface area (Å²) in [5.41, 5.74) is 2.41. The molecule has 0 bridgehead atoms. The summed E-state index contributed by atoms with van der Waals surface area (Å²) >= 11 is 0. The van der Waals surface area contributed by atoms with Crippen LogP contribution in [-0.2, 0) is 12.7 Å². The van der Waals surface area contributed by atoms with Gasteiger partial charge in [0.25, 0.3) is 0 Å². The Hall–Kier alpha value is -2.09. The Morgan fingerprint density at radius 2 is 2.00 bits per heavy atom. The number of rotatable bonds is 3. The van der Waals surface area contributed by atoms with Crippen molar-refractivity contribution in [2.24, 2.45) is 5.10 Å². The highest BCUT2D eigenvalue weighted by molar-refractivity contribution is 6.07. The Morgan fingerprint density at radius 1 is 1.32 bits per heavy atom. The molecule has 5 nitrogen and oxygen atoms in total. The van der Waals surface area contributed by atoms with Gasteiger partial charge in [-0.15, -0.1) is 0 Å². The van der Waals surface area contributed by atoms with Crippen LogP contribution in [0.15, 0.2) is 23.3 Å². The van der Waals surface area contributed by atoms with E-state index in [4.69, 9.17) is 0 Å². The molecule has 1 aromatic rings. The molecule has 1 heterocycles. The zero-order chi connectivity index (χ0) is 16.5. The Balaban J connectivity index is 2.45. The maximum atomic E-state index is 13.3. The van der Waals surface area contributed by atoms with E-state index in [1.807, 2.05) is 0 Å². The van der Waals surface area contributed by atoms with Gasteiger partial charge < -0.3 is 10.2 Å². The predicted octanol–water partition coefficient (Wildman–Crippen LogP) is 2.17. The minimum absolute atomic E-state index is 0.187. The van der Waals surface area contributed by atoms with E-state index in [0.29, 0.717) is 11.3 Å². The number of hydrogen-bond donors (Lipinski definition) is 2. The highest BCUT2D eigenvalue weighted by atomic mass is 19.4. The number of benzene rings is 1. The average Bonchev–Trinajstić information content (AvgIpc) is 2.37. The number of hydrazone groups is 1. The SMILES string of the molecule is C[C@@H]1NC(=O)NN=C1c1ccc(CN(C)C)c(C(F)(F)F)c1. The second-order valence-corrected chi connectivity index (χ2v) is 5.41. The number of amides is 2. The van der Waals surface area contributed by atoms with Gasteiger partial charge in [0, 0.05) is 12.1 Å². The van der Waals surface area contributed by atoms with E-state index in [-0.39, 0.29) is 12.1 Å². The van der Waals surface area contributed by atoms with Crippen molar-refractivity contribution < 1.29 is 18.0 Å². The maximum Gasteiger partial charge on any atom is 0.416 e. The Labute approximate surface area is 126 Å². The summed E-state index contributed by atoms with van der Waals surface area (Å²) in [7, 11) is 3.42. The molecule has 2 N–H and O–H groups in total. The second-order valence-electron chi connectivity index (χ2n) is 5.41. The van der Waals surface area contributed by atoms with Crippen LogP contribution in [-0.4, -0.2) is 36.8 Å². The molecule has 0 aliphatic carbocycles. The molecule has 1 aliphatic heterocycles. The first-order valence-corrected chi connectivity index (χ1v) is 6.68. The highest BCUT2D eigenvalue weighted by Gasteiger charge is 2.34. The van der Waals surface area contributed by atoms with Crippen LogP contribution in [0.4, 0.5) is 18.0 Å². The molecule has 1 aliphatic rings. The zero-order valence-electron chi connectivity index (χ0n) is 12.5. The third-order valence-electron chi connectivity index (χ3n) is 3.23. The lowest BCUT2D eigenvalue weighted by Gasteiger charge is -2.23. The molecule has 0 saturated heterocycles. The van der Waals surface area contributed by atoms with Crippen LogP contribution in [0.1, 0.15) is 23.6 Å². The molecule has 0 unspecified atom stereocenters. The van der Waals surface area contributed by atoms with Crippen LogP contribution >= 0.6 is 0 Å². The van der Waals surface area contributed by atoms with Crippen molar-refractivity contribution in [3.63, 3.8) is 0 Å². The van der Waals surface area contributed by atoms with E-state index in [0.717, 1.165) is 6.07 Å². The maximum absolute atomic E-state index is 13.3. The van der Waals surface area contributed by atoms with Crippen LogP contribution in [0.5, 0.6) is 0 Å². The lowest BCUT2D eigenvalue weighted by Crippen LogP contribution is -2.48. The Morgan fingerprint density at radius 3 is 2.55 bits per heavy atom. The molecule has 0 radical (unpaired) electrons. The summed E-state index contributed by atoms with van der Waals surface area (Å²) in [5, 5.41) is 6.41. The van der Waals surface area contributed by atoms with Gasteiger partial charge in [-0.1, -0.05) is 12.1 Å². The largest absolute Gasteiger partial charge is 0.416 e. The number of nitrogens with zero attached hydrogens (tertiary/aromatic N) is 2. The molecule has 0 fully saturated rings. The molecule has 22 heavy (non-hydrogen) atoms. The molecule has 120 valence electrons. The summed E-state index contributed by atoms with van der Waals surface area (Å²) in [5.74, 6) is 0. The Kier molecular flexibility index (Phi) is 4.41. The van der Waals surface area contributed by atoms with Crippen molar-refractivity contribution in [1.82, 2.24) is 15.6 Å². The normalized spacial score (nSPS) is 18.8. The van der Waals surface area contributed by atoms with E-state index in [1.165, 1.54) is 6.07 Å². The van der Waals surface area contributed by atoms with Crippen LogP contribution < -0.4 is 10.7 Å². The van der Waals surface area contributed by atoms with Gasteiger partial charge in [-0.3, -0.25) is 0 Å². The van der Waals surface area contributed by atoms with E-state index >= 15 is 0 Å². The fraction of sp³-hybridized carbons (Fsp3) is 0.429. The summed E-state index contributed by atoms with van der Waals surface area (Å²) in [4.78, 5) is 12.8. The van der Waals surface area contributed by atoms with Crippen molar-refractivity contribution in [2.75, 3.05) is 14.1 Å². The predicted molar refractivity (Wildman–Crippen MR) is 76.5 cm³/mol. The van der Waals surface area contributed by atoms with Crippen LogP contribution in [0.25, 0.3) is 0 Å². The zero-order valence-corrected chi connectivity index (χ0v) is 12.5. The minimum atomic E-state index is -4.45. The van der Waals surface area contributed by atoms with Gasteiger partial charge in [0.1, 0.15) is 0 Å². The van der Waals surface area contributed by atoms with Crippen molar-refractivity contribution >= 4 is 11.7 Å². The first-order chi connectivity index (χ1) is 10.2. The first-order valence-electron chi connectivity index (χ1n) is 6.68. The molecule has 0 aromatic heterocycles. The molecule has 0 spiro atoms. The minimum Gasteiger partial charge on any atom is -0.328 e. The molecular weight excluding hydrogens is 297 g/mol. The van der Waals surface area contributed by atoms with Crippen molar-refractivity contribution in [3.8, 4) is 0 Å². The average molecular weight is 314 g/mol. The standard InChI is InChI=1S/C14H17F3N4O/c1-8-12(19-20-13(22)18-8)9-4-5-10(7-21(2)3)11(6-9)14(15,16)17/h4-6,8H,7H2,1-3H3,(H2,18,20,22)/t8-/m0/s1. The lowest BCUT2D eigenvalue weighted by molar-refractivity contribution is -0.138. The molecular formula is C14H17F3N4O. The molecule has 2 rings (SSSR count). The van der Waals surface area contributed by atoms with Gasteiger partial charge in [0.15, 0.2) is 0 Å². The van der Waals surface area contributed by atoms with Crippen LogP contribution in [0, 0.1) is 0 Å². The van der Waals surface area contributed by atoms with Gasteiger partial charge in [-0.05, 0) is 32.6 Å². The third-order valence-corrected chi connectivity index (χ3v) is 3.23. The third kappa shape index (κ3) is 3.56. The van der Waals surface area contributed by atoms with Crippen molar-refractivity contribution in [3.05, 3.63) is 34.9 Å². The smallest absolute Gasteiger partial charge is 0.328 e. The fourth-order valence-electron chi connectivity index (χ4n) is 2.30. The van der Waals surface area contributed by atoms with Gasteiger partial charge in [0.2, 0.25) is 0 Å². The molecule has 1 atom stereocenters. The topological polar surface area (TPSA) is 56.7 Å². The van der Waals surface area contributed by atoms with Crippen molar-refractivity contribution in [2.45, 2.75) is 25.7 Å². The number of alkyl halides is 3. The molecule has 1 aromatic carbocycles. The lowest BCUT2D eigenvalue weighted by atomic mass is 9.97.